The summed E-state index contributed by atoms with van der Waals surface area (Å²) in [4.78, 5) is 17.2. The van der Waals surface area contributed by atoms with Crippen LogP contribution in [-0.4, -0.2) is 32.0 Å². The van der Waals surface area contributed by atoms with Crippen molar-refractivity contribution in [3.63, 3.8) is 0 Å². The van der Waals surface area contributed by atoms with Crippen molar-refractivity contribution in [1.29, 1.82) is 0 Å². The van der Waals surface area contributed by atoms with Crippen molar-refractivity contribution in [2.24, 2.45) is 10.4 Å². The molecule has 0 radical (unpaired) electrons. The quantitative estimate of drug-likeness (QED) is 0.287. The van der Waals surface area contributed by atoms with Gasteiger partial charge in [0.25, 0.3) is 0 Å². The fourth-order valence-corrected chi connectivity index (χ4v) is 2.44. The maximum Gasteiger partial charge on any atom is 0.225 e. The van der Waals surface area contributed by atoms with Gasteiger partial charge in [-0.15, -0.1) is 35.3 Å². The van der Waals surface area contributed by atoms with E-state index in [9.17, 15) is 4.79 Å². The fourth-order valence-electron chi connectivity index (χ4n) is 1.59. The summed E-state index contributed by atoms with van der Waals surface area (Å²) in [6, 6.07) is 2.11. The Morgan fingerprint density at radius 3 is 2.36 bits per heavy atom. The Balaban J connectivity index is 0.00000441. The third-order valence-corrected chi connectivity index (χ3v) is 4.02. The first-order chi connectivity index (χ1) is 9.84. The lowest BCUT2D eigenvalue weighted by Crippen LogP contribution is -2.43. The van der Waals surface area contributed by atoms with Crippen LogP contribution in [-0.2, 0) is 11.3 Å². The molecule has 0 bridgehead atoms. The molecule has 0 aromatic carbocycles. The molecule has 0 unspecified atom stereocenters. The smallest absolute Gasteiger partial charge is 0.225 e. The van der Waals surface area contributed by atoms with Gasteiger partial charge in [0.05, 0.1) is 6.54 Å². The van der Waals surface area contributed by atoms with Gasteiger partial charge in [0, 0.05) is 30.4 Å². The van der Waals surface area contributed by atoms with Crippen LogP contribution in [0.3, 0.4) is 0 Å². The minimum atomic E-state index is -0.351. The summed E-state index contributed by atoms with van der Waals surface area (Å²) < 4.78 is 0. The van der Waals surface area contributed by atoms with Crippen LogP contribution in [0.4, 0.5) is 0 Å². The average Bonchev–Trinajstić information content (AvgIpc) is 2.82. The minimum absolute atomic E-state index is 0. The summed E-state index contributed by atoms with van der Waals surface area (Å²) in [5.74, 6) is 0.800. The molecule has 0 spiro atoms. The van der Waals surface area contributed by atoms with Crippen LogP contribution in [0.25, 0.3) is 0 Å². The molecule has 1 heterocycles. The van der Waals surface area contributed by atoms with E-state index in [0.29, 0.717) is 13.1 Å². The van der Waals surface area contributed by atoms with Gasteiger partial charge in [-0.25, -0.2) is 0 Å². The lowest BCUT2D eigenvalue weighted by molar-refractivity contribution is -0.128. The van der Waals surface area contributed by atoms with Crippen LogP contribution in [0.2, 0.25) is 0 Å². The van der Waals surface area contributed by atoms with Gasteiger partial charge in [-0.1, -0.05) is 20.8 Å². The number of hydrogen-bond donors (Lipinski definition) is 3. The van der Waals surface area contributed by atoms with Crippen LogP contribution < -0.4 is 16.0 Å². The van der Waals surface area contributed by atoms with Crippen molar-refractivity contribution in [1.82, 2.24) is 16.0 Å². The number of amides is 1. The molecule has 1 aromatic heterocycles. The van der Waals surface area contributed by atoms with E-state index in [0.717, 1.165) is 12.5 Å². The highest BCUT2D eigenvalue weighted by Gasteiger charge is 2.20. The van der Waals surface area contributed by atoms with E-state index in [4.69, 9.17) is 0 Å². The van der Waals surface area contributed by atoms with E-state index >= 15 is 0 Å². The Morgan fingerprint density at radius 2 is 1.86 bits per heavy atom. The molecule has 0 atom stereocenters. The fraction of sp³-hybridized carbons (Fsp3) is 0.600. The van der Waals surface area contributed by atoms with Gasteiger partial charge in [0.15, 0.2) is 5.96 Å². The topological polar surface area (TPSA) is 65.5 Å². The first-order valence-electron chi connectivity index (χ1n) is 7.10. The van der Waals surface area contributed by atoms with Crippen molar-refractivity contribution in [3.8, 4) is 0 Å². The maximum absolute atomic E-state index is 11.7. The zero-order valence-electron chi connectivity index (χ0n) is 13.9. The zero-order valence-corrected chi connectivity index (χ0v) is 17.1. The summed E-state index contributed by atoms with van der Waals surface area (Å²) in [5, 5.41) is 11.4. The number of aliphatic imine (C=N–C) groups is 1. The number of nitrogens with zero attached hydrogens (tertiary/aromatic N) is 1. The van der Waals surface area contributed by atoms with E-state index in [-0.39, 0.29) is 35.3 Å². The number of nitrogens with one attached hydrogen (secondary N) is 3. The molecule has 1 rings (SSSR count). The number of carbonyl (C=O) groups is 1. The molecular weight excluding hydrogens is 411 g/mol. The van der Waals surface area contributed by atoms with Crippen molar-refractivity contribution >= 4 is 47.2 Å². The molecular formula is C15H27IN4OS. The number of carbonyl (C=O) groups excluding carboxylic acids is 1. The zero-order chi connectivity index (χ0) is 15.9. The van der Waals surface area contributed by atoms with Crippen LogP contribution in [0.1, 0.15) is 31.2 Å². The molecule has 5 nitrogen and oxygen atoms in total. The molecule has 126 valence electrons. The molecule has 1 aromatic rings. The number of aryl methyl sites for hydroxylation is 1. The summed E-state index contributed by atoms with van der Waals surface area (Å²) >= 11 is 1.73. The Morgan fingerprint density at radius 1 is 1.23 bits per heavy atom. The SMILES string of the molecule is CN=C(NCCNC(=O)C(C)(C)C)NCc1sccc1C.I. The molecule has 0 saturated carbocycles. The monoisotopic (exact) mass is 438 g/mol. The Hall–Kier alpha value is -0.830. The normalized spacial score (nSPS) is 11.6. The van der Waals surface area contributed by atoms with Gasteiger partial charge in [-0.05, 0) is 23.9 Å². The van der Waals surface area contributed by atoms with Crippen molar-refractivity contribution < 1.29 is 4.79 Å². The number of hydrogen-bond acceptors (Lipinski definition) is 3. The number of halogens is 1. The van der Waals surface area contributed by atoms with E-state index < -0.39 is 0 Å². The summed E-state index contributed by atoms with van der Waals surface area (Å²) in [6.45, 7) is 9.79. The highest BCUT2D eigenvalue weighted by atomic mass is 127. The van der Waals surface area contributed by atoms with E-state index in [2.05, 4.69) is 39.3 Å². The van der Waals surface area contributed by atoms with E-state index in [1.54, 1.807) is 18.4 Å². The number of guanidine groups is 1. The third kappa shape index (κ3) is 7.44. The van der Waals surface area contributed by atoms with Gasteiger partial charge >= 0.3 is 0 Å². The summed E-state index contributed by atoms with van der Waals surface area (Å²) in [6.07, 6.45) is 0. The maximum atomic E-state index is 11.7. The first kappa shape index (κ1) is 21.2. The molecule has 3 N–H and O–H groups in total. The van der Waals surface area contributed by atoms with E-state index in [1.165, 1.54) is 10.4 Å². The lowest BCUT2D eigenvalue weighted by Gasteiger charge is -2.18. The molecule has 7 heteroatoms. The van der Waals surface area contributed by atoms with Gasteiger partial charge in [-0.3, -0.25) is 9.79 Å². The molecule has 0 saturated heterocycles. The van der Waals surface area contributed by atoms with Crippen molar-refractivity contribution in [2.75, 3.05) is 20.1 Å². The predicted octanol–water partition coefficient (Wildman–Crippen LogP) is 2.50. The second-order valence-corrected chi connectivity index (χ2v) is 6.89. The highest BCUT2D eigenvalue weighted by Crippen LogP contribution is 2.14. The molecule has 0 aliphatic carbocycles. The molecule has 0 aliphatic heterocycles. The Bertz CT molecular complexity index is 494. The summed E-state index contributed by atoms with van der Waals surface area (Å²) in [5.41, 5.74) is 0.941. The van der Waals surface area contributed by atoms with Crippen LogP contribution in [0.15, 0.2) is 16.4 Å². The van der Waals surface area contributed by atoms with Gasteiger partial charge in [0.2, 0.25) is 5.91 Å². The predicted molar refractivity (Wildman–Crippen MR) is 105 cm³/mol. The minimum Gasteiger partial charge on any atom is -0.355 e. The van der Waals surface area contributed by atoms with Gasteiger partial charge in [-0.2, -0.15) is 0 Å². The molecule has 22 heavy (non-hydrogen) atoms. The van der Waals surface area contributed by atoms with E-state index in [1.807, 2.05) is 20.8 Å². The summed E-state index contributed by atoms with van der Waals surface area (Å²) in [7, 11) is 1.74. The average molecular weight is 438 g/mol. The molecule has 1 amide bonds. The van der Waals surface area contributed by atoms with Gasteiger partial charge in [0.1, 0.15) is 0 Å². The standard InChI is InChI=1S/C15H26N4OS.HI/c1-11-6-9-21-12(11)10-19-14(16-5)18-8-7-17-13(20)15(2,3)4;/h6,9H,7-8,10H2,1-5H3,(H,17,20)(H2,16,18,19);1H. The first-order valence-corrected chi connectivity index (χ1v) is 7.98. The van der Waals surface area contributed by atoms with Crippen LogP contribution in [0.5, 0.6) is 0 Å². The van der Waals surface area contributed by atoms with Gasteiger partial charge < -0.3 is 16.0 Å². The van der Waals surface area contributed by atoms with Crippen molar-refractivity contribution in [2.45, 2.75) is 34.2 Å². The number of thiophene rings is 1. The molecule has 0 fully saturated rings. The number of rotatable bonds is 5. The highest BCUT2D eigenvalue weighted by molar-refractivity contribution is 14.0. The third-order valence-electron chi connectivity index (χ3n) is 2.99. The lowest BCUT2D eigenvalue weighted by atomic mass is 9.96. The second kappa shape index (κ2) is 10.0. The second-order valence-electron chi connectivity index (χ2n) is 5.89. The Labute approximate surface area is 154 Å². The van der Waals surface area contributed by atoms with Crippen LogP contribution >= 0.6 is 35.3 Å². The Kier molecular flexibility index (Phi) is 9.66. The van der Waals surface area contributed by atoms with Crippen LogP contribution in [0, 0.1) is 12.3 Å². The van der Waals surface area contributed by atoms with Crippen molar-refractivity contribution in [3.05, 3.63) is 21.9 Å². The largest absolute Gasteiger partial charge is 0.355 e. The molecule has 0 aliphatic rings.